The Morgan fingerprint density at radius 1 is 1.21 bits per heavy atom. The van der Waals surface area contributed by atoms with E-state index in [9.17, 15) is 4.39 Å². The molecule has 0 saturated carbocycles. The average molecular weight is 343 g/mol. The number of benzene rings is 2. The van der Waals surface area contributed by atoms with E-state index in [0.29, 0.717) is 0 Å². The first-order chi connectivity index (χ1) is 9.10. The summed E-state index contributed by atoms with van der Waals surface area (Å²) in [5.41, 5.74) is 2.19. The molecule has 1 atom stereocenters. The van der Waals surface area contributed by atoms with Gasteiger partial charge in [-0.3, -0.25) is 0 Å². The Morgan fingerprint density at radius 2 is 1.89 bits per heavy atom. The van der Waals surface area contributed by atoms with Gasteiger partial charge in [-0.25, -0.2) is 4.39 Å². The van der Waals surface area contributed by atoms with Gasteiger partial charge in [0.25, 0.3) is 0 Å². The summed E-state index contributed by atoms with van der Waals surface area (Å²) in [5.74, 6) is -0.385. The Balaban J connectivity index is 2.19. The topological polar surface area (TPSA) is 12.0 Å². The summed E-state index contributed by atoms with van der Waals surface area (Å²) >= 11 is 9.25. The number of rotatable bonds is 4. The standard InChI is InChI=1S/C15H14BrClFN/c1-19-15(8-10-2-5-12(16)6-3-10)11-4-7-14(18)13(17)9-11/h2-7,9,15,19H,8H2,1H3. The van der Waals surface area contributed by atoms with Crippen molar-refractivity contribution < 1.29 is 4.39 Å². The van der Waals surface area contributed by atoms with Crippen molar-refractivity contribution in [2.24, 2.45) is 0 Å². The molecular weight excluding hydrogens is 329 g/mol. The Hall–Kier alpha value is -0.900. The van der Waals surface area contributed by atoms with Gasteiger partial charge in [-0.05, 0) is 48.9 Å². The molecule has 0 aromatic heterocycles. The van der Waals surface area contributed by atoms with Crippen molar-refractivity contribution in [2.45, 2.75) is 12.5 Å². The smallest absolute Gasteiger partial charge is 0.141 e. The zero-order valence-electron chi connectivity index (χ0n) is 10.5. The van der Waals surface area contributed by atoms with Crippen molar-refractivity contribution in [2.75, 3.05) is 7.05 Å². The molecule has 0 heterocycles. The summed E-state index contributed by atoms with van der Waals surface area (Å²) in [4.78, 5) is 0. The van der Waals surface area contributed by atoms with Gasteiger partial charge in [-0.15, -0.1) is 0 Å². The third-order valence-electron chi connectivity index (χ3n) is 3.05. The van der Waals surface area contributed by atoms with Gasteiger partial charge in [0.15, 0.2) is 0 Å². The van der Waals surface area contributed by atoms with E-state index in [0.717, 1.165) is 16.5 Å². The van der Waals surface area contributed by atoms with Crippen LogP contribution in [0.5, 0.6) is 0 Å². The number of likely N-dealkylation sites (N-methyl/N-ethyl adjacent to an activating group) is 1. The average Bonchev–Trinajstić information content (AvgIpc) is 2.41. The fraction of sp³-hybridized carbons (Fsp3) is 0.200. The Bertz CT molecular complexity index is 557. The summed E-state index contributed by atoms with van der Waals surface area (Å²) in [6, 6.07) is 13.1. The first kappa shape index (κ1) is 14.5. The molecule has 19 heavy (non-hydrogen) atoms. The quantitative estimate of drug-likeness (QED) is 0.846. The van der Waals surface area contributed by atoms with Gasteiger partial charge < -0.3 is 5.32 Å². The molecule has 0 aliphatic heterocycles. The van der Waals surface area contributed by atoms with Crippen LogP contribution in [-0.2, 0) is 6.42 Å². The molecule has 0 amide bonds. The molecule has 0 aliphatic carbocycles. The third-order valence-corrected chi connectivity index (χ3v) is 3.87. The number of nitrogens with one attached hydrogen (secondary N) is 1. The van der Waals surface area contributed by atoms with Crippen LogP contribution in [0.1, 0.15) is 17.2 Å². The monoisotopic (exact) mass is 341 g/mol. The minimum atomic E-state index is -0.385. The molecule has 0 bridgehead atoms. The Kier molecular flexibility index (Phi) is 4.97. The Labute approximate surface area is 125 Å². The molecule has 4 heteroatoms. The molecular formula is C15H14BrClFN. The highest BCUT2D eigenvalue weighted by atomic mass is 79.9. The normalized spacial score (nSPS) is 12.4. The van der Waals surface area contributed by atoms with Crippen LogP contribution in [-0.4, -0.2) is 7.05 Å². The highest BCUT2D eigenvalue weighted by Crippen LogP contribution is 2.24. The molecule has 0 aliphatic rings. The molecule has 100 valence electrons. The molecule has 2 aromatic carbocycles. The van der Waals surface area contributed by atoms with E-state index in [1.807, 2.05) is 19.2 Å². The van der Waals surface area contributed by atoms with E-state index in [4.69, 9.17) is 11.6 Å². The maximum Gasteiger partial charge on any atom is 0.141 e. The predicted octanol–water partition coefficient (Wildman–Crippen LogP) is 4.74. The van der Waals surface area contributed by atoms with E-state index in [1.54, 1.807) is 12.1 Å². The fourth-order valence-electron chi connectivity index (χ4n) is 1.97. The van der Waals surface area contributed by atoms with Crippen molar-refractivity contribution in [1.82, 2.24) is 5.32 Å². The maximum absolute atomic E-state index is 13.2. The van der Waals surface area contributed by atoms with Gasteiger partial charge in [-0.1, -0.05) is 45.7 Å². The van der Waals surface area contributed by atoms with Gasteiger partial charge in [0.05, 0.1) is 5.02 Å². The van der Waals surface area contributed by atoms with Gasteiger partial charge in [-0.2, -0.15) is 0 Å². The number of halogens is 3. The van der Waals surface area contributed by atoms with Gasteiger partial charge in [0.2, 0.25) is 0 Å². The molecule has 0 radical (unpaired) electrons. The van der Waals surface area contributed by atoms with Gasteiger partial charge in [0.1, 0.15) is 5.82 Å². The molecule has 0 spiro atoms. The summed E-state index contributed by atoms with van der Waals surface area (Å²) in [6.45, 7) is 0. The van der Waals surface area contributed by atoms with Gasteiger partial charge in [0, 0.05) is 10.5 Å². The van der Waals surface area contributed by atoms with Crippen molar-refractivity contribution in [1.29, 1.82) is 0 Å². The lowest BCUT2D eigenvalue weighted by atomic mass is 9.99. The van der Waals surface area contributed by atoms with Crippen molar-refractivity contribution >= 4 is 27.5 Å². The lowest BCUT2D eigenvalue weighted by molar-refractivity contribution is 0.586. The van der Waals surface area contributed by atoms with E-state index in [2.05, 4.69) is 33.4 Å². The second kappa shape index (κ2) is 6.51. The molecule has 2 aromatic rings. The third kappa shape index (κ3) is 3.78. The highest BCUT2D eigenvalue weighted by molar-refractivity contribution is 9.10. The number of hydrogen-bond donors (Lipinski definition) is 1. The predicted molar refractivity (Wildman–Crippen MR) is 81.1 cm³/mol. The van der Waals surface area contributed by atoms with Crippen LogP contribution in [0.3, 0.4) is 0 Å². The van der Waals surface area contributed by atoms with Crippen LogP contribution in [0.25, 0.3) is 0 Å². The van der Waals surface area contributed by atoms with Crippen LogP contribution >= 0.6 is 27.5 Å². The molecule has 0 fully saturated rings. The van der Waals surface area contributed by atoms with E-state index in [-0.39, 0.29) is 16.9 Å². The van der Waals surface area contributed by atoms with Crippen LogP contribution in [0.15, 0.2) is 46.9 Å². The van der Waals surface area contributed by atoms with Crippen LogP contribution in [0.2, 0.25) is 5.02 Å². The lowest BCUT2D eigenvalue weighted by Gasteiger charge is -2.17. The zero-order chi connectivity index (χ0) is 13.8. The van der Waals surface area contributed by atoms with Crippen LogP contribution in [0.4, 0.5) is 4.39 Å². The summed E-state index contributed by atoms with van der Waals surface area (Å²) in [7, 11) is 1.89. The Morgan fingerprint density at radius 3 is 2.47 bits per heavy atom. The molecule has 2 rings (SSSR count). The minimum Gasteiger partial charge on any atom is -0.313 e. The first-order valence-electron chi connectivity index (χ1n) is 5.97. The van der Waals surface area contributed by atoms with Crippen LogP contribution in [0, 0.1) is 5.82 Å². The molecule has 1 unspecified atom stereocenters. The largest absolute Gasteiger partial charge is 0.313 e. The lowest BCUT2D eigenvalue weighted by Crippen LogP contribution is -2.18. The molecule has 1 N–H and O–H groups in total. The minimum absolute atomic E-state index is 0.110. The van der Waals surface area contributed by atoms with E-state index in [1.165, 1.54) is 11.6 Å². The van der Waals surface area contributed by atoms with Crippen molar-refractivity contribution in [3.05, 3.63) is 68.9 Å². The number of hydrogen-bond acceptors (Lipinski definition) is 1. The molecule has 1 nitrogen and oxygen atoms in total. The summed E-state index contributed by atoms with van der Waals surface area (Å²) in [6.07, 6.45) is 0.825. The van der Waals surface area contributed by atoms with Gasteiger partial charge >= 0.3 is 0 Å². The fourth-order valence-corrected chi connectivity index (χ4v) is 2.43. The highest BCUT2D eigenvalue weighted by Gasteiger charge is 2.12. The van der Waals surface area contributed by atoms with Crippen molar-refractivity contribution in [3.8, 4) is 0 Å². The summed E-state index contributed by atoms with van der Waals surface area (Å²) < 4.78 is 14.2. The first-order valence-corrected chi connectivity index (χ1v) is 7.14. The van der Waals surface area contributed by atoms with E-state index < -0.39 is 0 Å². The molecule has 0 saturated heterocycles. The second-order valence-corrected chi connectivity index (χ2v) is 5.67. The van der Waals surface area contributed by atoms with Crippen molar-refractivity contribution in [3.63, 3.8) is 0 Å². The SMILES string of the molecule is CNC(Cc1ccc(Br)cc1)c1ccc(F)c(Cl)c1. The van der Waals surface area contributed by atoms with E-state index >= 15 is 0 Å². The maximum atomic E-state index is 13.2. The summed E-state index contributed by atoms with van der Waals surface area (Å²) in [5, 5.41) is 3.40. The van der Waals surface area contributed by atoms with Crippen LogP contribution < -0.4 is 5.32 Å². The second-order valence-electron chi connectivity index (χ2n) is 4.35. The zero-order valence-corrected chi connectivity index (χ0v) is 12.8.